The number of hydrogen-bond donors (Lipinski definition) is 1. The topological polar surface area (TPSA) is 81.8 Å². The first-order valence-corrected chi connectivity index (χ1v) is 7.85. The largest absolute Gasteiger partial charge is 0.334 e. The second-order valence-corrected chi connectivity index (χ2v) is 6.28. The molecule has 20 heavy (non-hydrogen) atoms. The van der Waals surface area contributed by atoms with Gasteiger partial charge in [-0.15, -0.1) is 0 Å². The van der Waals surface area contributed by atoms with Crippen molar-refractivity contribution in [3.63, 3.8) is 0 Å². The van der Waals surface area contributed by atoms with Gasteiger partial charge in [0.25, 0.3) is 0 Å². The number of aromatic nitrogens is 4. The molecule has 0 aliphatic rings. The fraction of sp³-hybridized carbons (Fsp3) is 0.500. The van der Waals surface area contributed by atoms with Crippen LogP contribution in [0.25, 0.3) is 0 Å². The average molecular weight is 297 g/mol. The summed E-state index contributed by atoms with van der Waals surface area (Å²) >= 11 is 0. The molecular weight excluding hydrogens is 278 g/mol. The molecule has 0 bridgehead atoms. The highest BCUT2D eigenvalue weighted by Crippen LogP contribution is 2.18. The molecule has 0 saturated carbocycles. The number of imidazole rings is 1. The lowest BCUT2D eigenvalue weighted by Gasteiger charge is -2.08. The predicted molar refractivity (Wildman–Crippen MR) is 74.6 cm³/mol. The second kappa shape index (κ2) is 5.37. The van der Waals surface area contributed by atoms with E-state index in [-0.39, 0.29) is 11.4 Å². The van der Waals surface area contributed by atoms with E-state index in [9.17, 15) is 8.42 Å². The van der Waals surface area contributed by atoms with Crippen LogP contribution >= 0.6 is 0 Å². The standard InChI is InChI=1S/C12H19N5O2S/c1-5-17-7-6-13-11(17)8-14-20(18,19)12-9(2)15-16(4)10(12)3/h6-7,14H,5,8H2,1-4H3. The first-order valence-electron chi connectivity index (χ1n) is 6.36. The van der Waals surface area contributed by atoms with E-state index in [1.165, 1.54) is 0 Å². The maximum absolute atomic E-state index is 12.4. The van der Waals surface area contributed by atoms with Crippen molar-refractivity contribution < 1.29 is 8.42 Å². The van der Waals surface area contributed by atoms with Crippen LogP contribution in [0.1, 0.15) is 24.1 Å². The molecule has 2 rings (SSSR count). The van der Waals surface area contributed by atoms with Gasteiger partial charge in [0.15, 0.2) is 0 Å². The molecule has 0 aliphatic carbocycles. The molecule has 2 aromatic heterocycles. The smallest absolute Gasteiger partial charge is 0.244 e. The summed E-state index contributed by atoms with van der Waals surface area (Å²) in [5, 5.41) is 4.13. The highest BCUT2D eigenvalue weighted by Gasteiger charge is 2.23. The van der Waals surface area contributed by atoms with Crippen LogP contribution in [0.2, 0.25) is 0 Å². The number of nitrogens with zero attached hydrogens (tertiary/aromatic N) is 4. The maximum Gasteiger partial charge on any atom is 0.244 e. The Labute approximate surface area is 118 Å². The Balaban J connectivity index is 2.24. The van der Waals surface area contributed by atoms with E-state index in [1.807, 2.05) is 17.7 Å². The Morgan fingerprint density at radius 3 is 2.60 bits per heavy atom. The van der Waals surface area contributed by atoms with Crippen LogP contribution in [0.3, 0.4) is 0 Å². The van der Waals surface area contributed by atoms with Gasteiger partial charge in [0, 0.05) is 26.0 Å². The maximum atomic E-state index is 12.4. The highest BCUT2D eigenvalue weighted by atomic mass is 32.2. The summed E-state index contributed by atoms with van der Waals surface area (Å²) in [6, 6.07) is 0. The molecule has 7 nitrogen and oxygen atoms in total. The van der Waals surface area contributed by atoms with Crippen molar-refractivity contribution in [2.45, 2.75) is 38.8 Å². The van der Waals surface area contributed by atoms with Crippen LogP contribution in [0, 0.1) is 13.8 Å². The van der Waals surface area contributed by atoms with Gasteiger partial charge in [-0.1, -0.05) is 0 Å². The summed E-state index contributed by atoms with van der Waals surface area (Å²) in [7, 11) is -1.86. The van der Waals surface area contributed by atoms with Crippen LogP contribution in [0.15, 0.2) is 17.3 Å². The van der Waals surface area contributed by atoms with Gasteiger partial charge >= 0.3 is 0 Å². The number of sulfonamides is 1. The van der Waals surface area contributed by atoms with Gasteiger partial charge in [-0.3, -0.25) is 4.68 Å². The fourth-order valence-corrected chi connectivity index (χ4v) is 3.58. The van der Waals surface area contributed by atoms with Gasteiger partial charge in [0.2, 0.25) is 10.0 Å². The lowest BCUT2D eigenvalue weighted by Crippen LogP contribution is -2.26. The third-order valence-electron chi connectivity index (χ3n) is 3.27. The number of rotatable bonds is 5. The van der Waals surface area contributed by atoms with Gasteiger partial charge in [0.1, 0.15) is 10.7 Å². The molecule has 0 amide bonds. The Bertz CT molecular complexity index is 714. The van der Waals surface area contributed by atoms with Crippen LogP contribution < -0.4 is 4.72 Å². The second-order valence-electron chi connectivity index (χ2n) is 4.58. The number of nitrogens with one attached hydrogen (secondary N) is 1. The van der Waals surface area contributed by atoms with Crippen molar-refractivity contribution in [3.8, 4) is 0 Å². The van der Waals surface area contributed by atoms with Crippen LogP contribution in [-0.4, -0.2) is 27.7 Å². The summed E-state index contributed by atoms with van der Waals surface area (Å²) in [5.41, 5.74) is 1.12. The fourth-order valence-electron chi connectivity index (χ4n) is 2.17. The lowest BCUT2D eigenvalue weighted by molar-refractivity contribution is 0.573. The Hall–Kier alpha value is -1.67. The van der Waals surface area contributed by atoms with Crippen molar-refractivity contribution in [1.29, 1.82) is 0 Å². The molecule has 0 radical (unpaired) electrons. The Kier molecular flexibility index (Phi) is 3.96. The SMILES string of the molecule is CCn1ccnc1CNS(=O)(=O)c1c(C)nn(C)c1C. The summed E-state index contributed by atoms with van der Waals surface area (Å²) in [5.74, 6) is 0.690. The van der Waals surface area contributed by atoms with E-state index in [0.717, 1.165) is 6.54 Å². The van der Waals surface area contributed by atoms with Gasteiger partial charge < -0.3 is 4.57 Å². The van der Waals surface area contributed by atoms with Crippen LogP contribution in [-0.2, 0) is 30.2 Å². The number of hydrogen-bond acceptors (Lipinski definition) is 4. The van der Waals surface area contributed by atoms with Gasteiger partial charge in [-0.2, -0.15) is 5.10 Å². The van der Waals surface area contributed by atoms with Crippen molar-refractivity contribution in [3.05, 3.63) is 29.6 Å². The van der Waals surface area contributed by atoms with Crippen molar-refractivity contribution >= 4 is 10.0 Å². The third kappa shape index (κ3) is 2.61. The molecule has 1 N–H and O–H groups in total. The van der Waals surface area contributed by atoms with Crippen molar-refractivity contribution in [2.75, 3.05) is 0 Å². The zero-order valence-corrected chi connectivity index (χ0v) is 12.9. The molecule has 110 valence electrons. The van der Waals surface area contributed by atoms with E-state index in [0.29, 0.717) is 17.2 Å². The van der Waals surface area contributed by atoms with E-state index in [2.05, 4.69) is 14.8 Å². The normalized spacial score (nSPS) is 12.0. The minimum absolute atomic E-state index is 0.164. The third-order valence-corrected chi connectivity index (χ3v) is 4.93. The number of aryl methyl sites for hydroxylation is 3. The molecule has 0 spiro atoms. The quantitative estimate of drug-likeness (QED) is 0.882. The predicted octanol–water partition coefficient (Wildman–Crippen LogP) is 0.732. The summed E-state index contributed by atoms with van der Waals surface area (Å²) in [6.45, 7) is 6.32. The zero-order valence-electron chi connectivity index (χ0n) is 12.1. The molecule has 0 atom stereocenters. The summed E-state index contributed by atoms with van der Waals surface area (Å²) < 4.78 is 30.8. The van der Waals surface area contributed by atoms with E-state index in [4.69, 9.17) is 0 Å². The van der Waals surface area contributed by atoms with Crippen LogP contribution in [0.4, 0.5) is 0 Å². The van der Waals surface area contributed by atoms with Crippen LogP contribution in [0.5, 0.6) is 0 Å². The highest BCUT2D eigenvalue weighted by molar-refractivity contribution is 7.89. The molecule has 0 unspecified atom stereocenters. The molecule has 0 fully saturated rings. The Morgan fingerprint density at radius 2 is 2.05 bits per heavy atom. The van der Waals surface area contributed by atoms with Crippen molar-refractivity contribution in [2.24, 2.45) is 7.05 Å². The summed E-state index contributed by atoms with van der Waals surface area (Å²) in [4.78, 5) is 4.39. The van der Waals surface area contributed by atoms with Gasteiger partial charge in [-0.25, -0.2) is 18.1 Å². The molecular formula is C12H19N5O2S. The van der Waals surface area contributed by atoms with Gasteiger partial charge in [-0.05, 0) is 20.8 Å². The summed E-state index contributed by atoms with van der Waals surface area (Å²) in [6.07, 6.45) is 3.48. The molecule has 0 aliphatic heterocycles. The van der Waals surface area contributed by atoms with E-state index >= 15 is 0 Å². The molecule has 2 heterocycles. The minimum atomic E-state index is -3.59. The monoisotopic (exact) mass is 297 g/mol. The molecule has 2 aromatic rings. The van der Waals surface area contributed by atoms with Crippen molar-refractivity contribution in [1.82, 2.24) is 24.1 Å². The first kappa shape index (κ1) is 14.7. The molecule has 8 heteroatoms. The van der Waals surface area contributed by atoms with E-state index in [1.54, 1.807) is 31.8 Å². The molecule has 0 aromatic carbocycles. The first-order chi connectivity index (χ1) is 9.36. The van der Waals surface area contributed by atoms with Gasteiger partial charge in [0.05, 0.1) is 17.9 Å². The Morgan fingerprint density at radius 1 is 1.35 bits per heavy atom. The molecule has 0 saturated heterocycles. The lowest BCUT2D eigenvalue weighted by atomic mass is 10.4. The average Bonchev–Trinajstić information content (AvgIpc) is 2.92. The minimum Gasteiger partial charge on any atom is -0.334 e. The zero-order chi connectivity index (χ0) is 14.9. The van der Waals surface area contributed by atoms with E-state index < -0.39 is 10.0 Å².